The van der Waals surface area contributed by atoms with E-state index < -0.39 is 12.1 Å². The molecule has 418 valence electrons. The van der Waals surface area contributed by atoms with Crippen molar-refractivity contribution in [3.8, 4) is 0 Å². The van der Waals surface area contributed by atoms with Crippen molar-refractivity contribution in [3.05, 3.63) is 0 Å². The van der Waals surface area contributed by atoms with E-state index in [1.807, 2.05) is 0 Å². The summed E-state index contributed by atoms with van der Waals surface area (Å²) < 4.78 is 5.51. The summed E-state index contributed by atoms with van der Waals surface area (Å²) in [6.07, 6.45) is 71.2. The number of carbonyl (C=O) groups is 2. The molecule has 1 amide bonds. The van der Waals surface area contributed by atoms with Gasteiger partial charge in [-0.1, -0.05) is 335 Å². The van der Waals surface area contributed by atoms with Gasteiger partial charge < -0.3 is 20.3 Å². The van der Waals surface area contributed by atoms with Crippen LogP contribution in [0.2, 0.25) is 0 Å². The fraction of sp³-hybridized carbons (Fsp3) is 0.969. The number of amides is 1. The topological polar surface area (TPSA) is 95.9 Å². The zero-order valence-electron chi connectivity index (χ0n) is 47.8. The molecule has 2 unspecified atom stereocenters. The SMILES string of the molecule is CCCCCCCCCCCCCCCCCCCCCC(=O)OCCCCCCCCCCCCCCCCCCCCCCC(=O)NC(CO)C(O)CCCCCCCCCCCCCCCC. The lowest BCUT2D eigenvalue weighted by Crippen LogP contribution is -2.45. The number of aliphatic hydroxyl groups is 2. The highest BCUT2D eigenvalue weighted by Gasteiger charge is 2.20. The Hall–Kier alpha value is -1.14. The number of rotatable bonds is 61. The maximum absolute atomic E-state index is 12.5. The Morgan fingerprint density at radius 2 is 0.586 bits per heavy atom. The summed E-state index contributed by atoms with van der Waals surface area (Å²) in [5, 5.41) is 23.3. The van der Waals surface area contributed by atoms with Gasteiger partial charge in [-0.15, -0.1) is 0 Å². The lowest BCUT2D eigenvalue weighted by Gasteiger charge is -2.22. The first-order chi connectivity index (χ1) is 34.5. The summed E-state index contributed by atoms with van der Waals surface area (Å²) in [7, 11) is 0. The lowest BCUT2D eigenvalue weighted by molar-refractivity contribution is -0.143. The Morgan fingerprint density at radius 3 is 0.871 bits per heavy atom. The van der Waals surface area contributed by atoms with Crippen molar-refractivity contribution in [2.45, 2.75) is 386 Å². The van der Waals surface area contributed by atoms with Crippen LogP contribution in [-0.2, 0) is 14.3 Å². The molecule has 0 bridgehead atoms. The summed E-state index contributed by atoms with van der Waals surface area (Å²) in [6, 6.07) is -0.541. The third-order valence-electron chi connectivity index (χ3n) is 15.4. The minimum absolute atomic E-state index is 0.0166. The zero-order chi connectivity index (χ0) is 50.7. The maximum Gasteiger partial charge on any atom is 0.305 e. The van der Waals surface area contributed by atoms with Crippen LogP contribution in [0.1, 0.15) is 373 Å². The van der Waals surface area contributed by atoms with Gasteiger partial charge >= 0.3 is 5.97 Å². The largest absolute Gasteiger partial charge is 0.466 e. The van der Waals surface area contributed by atoms with E-state index in [-0.39, 0.29) is 18.5 Å². The molecule has 6 nitrogen and oxygen atoms in total. The van der Waals surface area contributed by atoms with Crippen molar-refractivity contribution in [3.63, 3.8) is 0 Å². The van der Waals surface area contributed by atoms with Gasteiger partial charge in [-0.25, -0.2) is 0 Å². The van der Waals surface area contributed by atoms with Crippen molar-refractivity contribution in [1.82, 2.24) is 5.32 Å². The average Bonchev–Trinajstić information content (AvgIpc) is 3.36. The minimum Gasteiger partial charge on any atom is -0.466 e. The molecule has 0 spiro atoms. The van der Waals surface area contributed by atoms with Crippen molar-refractivity contribution < 1.29 is 24.5 Å². The summed E-state index contributed by atoms with van der Waals surface area (Å²) in [6.45, 7) is 4.99. The van der Waals surface area contributed by atoms with E-state index in [2.05, 4.69) is 19.2 Å². The number of esters is 1. The van der Waals surface area contributed by atoms with Gasteiger partial charge in [0.15, 0.2) is 0 Å². The Morgan fingerprint density at radius 1 is 0.343 bits per heavy atom. The number of hydrogen-bond acceptors (Lipinski definition) is 5. The first-order valence-corrected chi connectivity index (χ1v) is 32.3. The van der Waals surface area contributed by atoms with Gasteiger partial charge in [-0.2, -0.15) is 0 Å². The number of carbonyl (C=O) groups excluding carboxylic acids is 2. The summed E-state index contributed by atoms with van der Waals surface area (Å²) >= 11 is 0. The molecule has 3 N–H and O–H groups in total. The van der Waals surface area contributed by atoms with Crippen LogP contribution >= 0.6 is 0 Å². The van der Waals surface area contributed by atoms with Crippen LogP contribution in [-0.4, -0.2) is 47.4 Å². The summed E-state index contributed by atoms with van der Waals surface area (Å²) in [4.78, 5) is 24.6. The van der Waals surface area contributed by atoms with E-state index in [1.54, 1.807) is 0 Å². The molecule has 0 fully saturated rings. The lowest BCUT2D eigenvalue weighted by atomic mass is 10.0. The predicted octanol–water partition coefficient (Wildman–Crippen LogP) is 20.3. The van der Waals surface area contributed by atoms with Gasteiger partial charge in [0.2, 0.25) is 5.91 Å². The molecular weight excluding hydrogens is 863 g/mol. The number of nitrogens with one attached hydrogen (secondary N) is 1. The van der Waals surface area contributed by atoms with Gasteiger partial charge in [-0.05, 0) is 25.7 Å². The van der Waals surface area contributed by atoms with Gasteiger partial charge in [0.25, 0.3) is 0 Å². The van der Waals surface area contributed by atoms with E-state index in [0.717, 1.165) is 38.5 Å². The minimum atomic E-state index is -0.664. The molecule has 0 aliphatic rings. The molecule has 6 heteroatoms. The molecule has 0 aliphatic heterocycles. The average molecular weight is 991 g/mol. The number of aliphatic hydroxyl groups excluding tert-OH is 2. The van der Waals surface area contributed by atoms with Gasteiger partial charge in [0.05, 0.1) is 25.4 Å². The summed E-state index contributed by atoms with van der Waals surface area (Å²) in [5.41, 5.74) is 0. The quantitative estimate of drug-likeness (QED) is 0.0417. The van der Waals surface area contributed by atoms with Crippen molar-refractivity contribution >= 4 is 11.9 Å². The first kappa shape index (κ1) is 68.9. The van der Waals surface area contributed by atoms with Crippen LogP contribution in [0.5, 0.6) is 0 Å². The number of ether oxygens (including phenoxy) is 1. The van der Waals surface area contributed by atoms with Crippen molar-refractivity contribution in [2.24, 2.45) is 0 Å². The highest BCUT2D eigenvalue weighted by Crippen LogP contribution is 2.19. The van der Waals surface area contributed by atoms with Gasteiger partial charge in [0.1, 0.15) is 0 Å². The molecule has 0 aliphatic carbocycles. The van der Waals surface area contributed by atoms with E-state index in [9.17, 15) is 19.8 Å². The van der Waals surface area contributed by atoms with E-state index in [0.29, 0.717) is 25.9 Å². The van der Waals surface area contributed by atoms with Crippen LogP contribution < -0.4 is 5.32 Å². The molecule has 0 aromatic rings. The van der Waals surface area contributed by atoms with E-state index in [1.165, 1.54) is 302 Å². The predicted molar refractivity (Wildman–Crippen MR) is 306 cm³/mol. The third-order valence-corrected chi connectivity index (χ3v) is 15.4. The maximum atomic E-state index is 12.5. The first-order valence-electron chi connectivity index (χ1n) is 32.3. The van der Waals surface area contributed by atoms with Crippen LogP contribution in [0, 0.1) is 0 Å². The monoisotopic (exact) mass is 990 g/mol. The molecular formula is C64H127NO5. The second-order valence-electron chi connectivity index (χ2n) is 22.5. The van der Waals surface area contributed by atoms with Crippen LogP contribution in [0.15, 0.2) is 0 Å². The van der Waals surface area contributed by atoms with Gasteiger partial charge in [0, 0.05) is 12.8 Å². The molecule has 0 heterocycles. The zero-order valence-corrected chi connectivity index (χ0v) is 47.8. The molecule has 0 saturated heterocycles. The fourth-order valence-electron chi connectivity index (χ4n) is 10.5. The molecule has 0 saturated carbocycles. The molecule has 70 heavy (non-hydrogen) atoms. The molecule has 2 atom stereocenters. The van der Waals surface area contributed by atoms with Gasteiger partial charge in [-0.3, -0.25) is 9.59 Å². The van der Waals surface area contributed by atoms with E-state index in [4.69, 9.17) is 4.74 Å². The molecule has 0 aromatic heterocycles. The second kappa shape index (κ2) is 60.4. The highest BCUT2D eigenvalue weighted by molar-refractivity contribution is 5.76. The Bertz CT molecular complexity index is 1010. The van der Waals surface area contributed by atoms with Crippen LogP contribution in [0.4, 0.5) is 0 Å². The highest BCUT2D eigenvalue weighted by atomic mass is 16.5. The van der Waals surface area contributed by atoms with Crippen molar-refractivity contribution in [1.29, 1.82) is 0 Å². The Labute approximate surface area is 438 Å². The second-order valence-corrected chi connectivity index (χ2v) is 22.5. The fourth-order valence-corrected chi connectivity index (χ4v) is 10.5. The number of hydrogen-bond donors (Lipinski definition) is 3. The molecule has 0 aromatic carbocycles. The summed E-state index contributed by atoms with van der Waals surface area (Å²) in [5.74, 6) is -0.0172. The number of unbranched alkanes of at least 4 members (excludes halogenated alkanes) is 50. The van der Waals surface area contributed by atoms with Crippen LogP contribution in [0.3, 0.4) is 0 Å². The Balaban J connectivity index is 3.34. The molecule has 0 rings (SSSR count). The standard InChI is InChI=1S/C64H127NO5/c1-3-5-7-9-11-13-15-17-19-20-23-27-30-34-38-42-46-50-54-58-64(69)70-59-55-51-47-43-39-35-31-28-25-22-21-24-26-29-33-37-41-45-49-53-57-63(68)65-61(60-66)62(67)56-52-48-44-40-36-32-18-16-14-12-10-8-6-4-2/h61-62,66-67H,3-60H2,1-2H3,(H,65,68). The van der Waals surface area contributed by atoms with Crippen LogP contribution in [0.25, 0.3) is 0 Å². The molecule has 0 radical (unpaired) electrons. The van der Waals surface area contributed by atoms with Crippen molar-refractivity contribution in [2.75, 3.05) is 13.2 Å². The smallest absolute Gasteiger partial charge is 0.305 e. The third kappa shape index (κ3) is 56.2. The Kier molecular flexibility index (Phi) is 59.4. The normalized spacial score (nSPS) is 12.5. The van der Waals surface area contributed by atoms with E-state index >= 15 is 0 Å².